The summed E-state index contributed by atoms with van der Waals surface area (Å²) in [6.07, 6.45) is 0. The molecule has 0 heterocycles. The van der Waals surface area contributed by atoms with Crippen LogP contribution >= 0.6 is 0 Å². The van der Waals surface area contributed by atoms with Crippen LogP contribution in [0.1, 0.15) is 15.9 Å². The smallest absolute Gasteiger partial charge is 0.465 e. The van der Waals surface area contributed by atoms with Crippen molar-refractivity contribution in [3.05, 3.63) is 23.3 Å². The summed E-state index contributed by atoms with van der Waals surface area (Å²) in [6.45, 7) is 1.71. The fraction of sp³-hybridized carbons (Fsp3) is 0.222. The first kappa shape index (κ1) is 11.5. The number of hydrogen-bond acceptors (Lipinski definition) is 5. The maximum Gasteiger partial charge on any atom is 0.489 e. The molecule has 0 amide bonds. The van der Waals surface area contributed by atoms with Crippen molar-refractivity contribution in [1.82, 2.24) is 0 Å². The summed E-state index contributed by atoms with van der Waals surface area (Å²) in [5.74, 6) is -0.648. The maximum absolute atomic E-state index is 11.3. The highest BCUT2D eigenvalue weighted by Crippen LogP contribution is 2.12. The molecule has 0 aliphatic heterocycles. The summed E-state index contributed by atoms with van der Waals surface area (Å²) in [5, 5.41) is 18.1. The Morgan fingerprint density at radius 3 is 2.53 bits per heavy atom. The Morgan fingerprint density at radius 2 is 2.07 bits per heavy atom. The van der Waals surface area contributed by atoms with Crippen LogP contribution in [0.15, 0.2) is 12.1 Å². The molecule has 0 spiro atoms. The van der Waals surface area contributed by atoms with Crippen LogP contribution in [0.2, 0.25) is 0 Å². The summed E-state index contributed by atoms with van der Waals surface area (Å²) >= 11 is 0. The Hall–Kier alpha value is -1.53. The molecule has 5 nitrogen and oxygen atoms in total. The first-order chi connectivity index (χ1) is 6.97. The van der Waals surface area contributed by atoms with Crippen molar-refractivity contribution in [3.63, 3.8) is 0 Å². The first-order valence-electron chi connectivity index (χ1n) is 4.31. The lowest BCUT2D eigenvalue weighted by molar-refractivity contribution is 0.0601. The normalized spacial score (nSPS) is 9.87. The fourth-order valence-corrected chi connectivity index (χ4v) is 1.25. The van der Waals surface area contributed by atoms with Crippen molar-refractivity contribution in [2.24, 2.45) is 0 Å². The number of benzene rings is 1. The molecule has 1 rings (SSSR count). The predicted octanol–water partition coefficient (Wildman–Crippen LogP) is -0.956. The number of rotatable bonds is 2. The number of nitrogens with two attached hydrogens (primary N) is 1. The molecule has 0 unspecified atom stereocenters. The Kier molecular flexibility index (Phi) is 3.33. The molecule has 0 fully saturated rings. The van der Waals surface area contributed by atoms with Crippen LogP contribution < -0.4 is 11.2 Å². The molecule has 0 saturated heterocycles. The van der Waals surface area contributed by atoms with Crippen molar-refractivity contribution in [3.8, 4) is 0 Å². The lowest BCUT2D eigenvalue weighted by Gasteiger charge is -2.10. The number of carbonyl (C=O) groups excluding carboxylic acids is 1. The Bertz CT molecular complexity index is 392. The molecule has 0 atom stereocenters. The molecule has 0 aliphatic rings. The second kappa shape index (κ2) is 4.33. The number of esters is 1. The highest BCUT2D eigenvalue weighted by atomic mass is 16.5. The number of hydrogen-bond donors (Lipinski definition) is 3. The fourth-order valence-electron chi connectivity index (χ4n) is 1.25. The van der Waals surface area contributed by atoms with Crippen LogP contribution in [-0.4, -0.2) is 30.2 Å². The zero-order valence-corrected chi connectivity index (χ0v) is 8.52. The molecule has 0 radical (unpaired) electrons. The second-order valence-corrected chi connectivity index (χ2v) is 3.16. The number of ether oxygens (including phenoxy) is 1. The number of aryl methyl sites for hydroxylation is 1. The van der Waals surface area contributed by atoms with Crippen LogP contribution in [-0.2, 0) is 4.74 Å². The lowest BCUT2D eigenvalue weighted by atomic mass is 9.76. The van der Waals surface area contributed by atoms with Crippen molar-refractivity contribution in [1.29, 1.82) is 0 Å². The third-order valence-electron chi connectivity index (χ3n) is 2.12. The molecule has 1 aromatic rings. The van der Waals surface area contributed by atoms with E-state index in [9.17, 15) is 4.79 Å². The van der Waals surface area contributed by atoms with E-state index in [-0.39, 0.29) is 11.0 Å². The molecule has 0 aromatic heterocycles. The summed E-state index contributed by atoms with van der Waals surface area (Å²) in [4.78, 5) is 11.3. The lowest BCUT2D eigenvalue weighted by Crippen LogP contribution is -2.35. The number of methoxy groups -OCH3 is 1. The molecule has 1 aromatic carbocycles. The monoisotopic (exact) mass is 209 g/mol. The van der Waals surface area contributed by atoms with Gasteiger partial charge in [-0.25, -0.2) is 4.79 Å². The Morgan fingerprint density at radius 1 is 1.47 bits per heavy atom. The van der Waals surface area contributed by atoms with Gasteiger partial charge in [-0.3, -0.25) is 0 Å². The van der Waals surface area contributed by atoms with Gasteiger partial charge in [0.15, 0.2) is 0 Å². The van der Waals surface area contributed by atoms with E-state index in [1.54, 1.807) is 6.92 Å². The van der Waals surface area contributed by atoms with Gasteiger partial charge in [0.05, 0.1) is 12.7 Å². The van der Waals surface area contributed by atoms with Crippen molar-refractivity contribution in [2.75, 3.05) is 12.8 Å². The van der Waals surface area contributed by atoms with Gasteiger partial charge >= 0.3 is 13.1 Å². The summed E-state index contributed by atoms with van der Waals surface area (Å²) in [5.41, 5.74) is 6.84. The Labute approximate surface area is 87.6 Å². The van der Waals surface area contributed by atoms with Crippen LogP contribution in [0.5, 0.6) is 0 Å². The maximum atomic E-state index is 11.3. The van der Waals surface area contributed by atoms with Gasteiger partial charge in [0, 0.05) is 5.69 Å². The third kappa shape index (κ3) is 2.29. The van der Waals surface area contributed by atoms with Crippen LogP contribution in [0, 0.1) is 6.92 Å². The molecule has 0 saturated carbocycles. The van der Waals surface area contributed by atoms with Gasteiger partial charge in [-0.05, 0) is 24.0 Å². The van der Waals surface area contributed by atoms with E-state index in [2.05, 4.69) is 4.74 Å². The molecular weight excluding hydrogens is 197 g/mol. The SMILES string of the molecule is COC(=O)c1cc(N)c(C)cc1B(O)O. The summed E-state index contributed by atoms with van der Waals surface area (Å²) in [6, 6.07) is 2.82. The Balaban J connectivity index is 3.34. The second-order valence-electron chi connectivity index (χ2n) is 3.16. The van der Waals surface area contributed by atoms with Gasteiger partial charge < -0.3 is 20.5 Å². The third-order valence-corrected chi connectivity index (χ3v) is 2.12. The van der Waals surface area contributed by atoms with Gasteiger partial charge in [0.2, 0.25) is 0 Å². The molecular formula is C9H12BNO4. The minimum Gasteiger partial charge on any atom is -0.465 e. The summed E-state index contributed by atoms with van der Waals surface area (Å²) < 4.78 is 4.51. The average Bonchev–Trinajstić information content (AvgIpc) is 2.20. The van der Waals surface area contributed by atoms with E-state index >= 15 is 0 Å². The number of nitrogen functional groups attached to an aromatic ring is 1. The number of anilines is 1. The van der Waals surface area contributed by atoms with Gasteiger partial charge in [-0.1, -0.05) is 6.07 Å². The van der Waals surface area contributed by atoms with Crippen molar-refractivity contribution >= 4 is 24.2 Å². The highest BCUT2D eigenvalue weighted by Gasteiger charge is 2.22. The van der Waals surface area contributed by atoms with Crippen LogP contribution in [0.3, 0.4) is 0 Å². The van der Waals surface area contributed by atoms with E-state index in [1.807, 2.05) is 0 Å². The van der Waals surface area contributed by atoms with E-state index in [1.165, 1.54) is 19.2 Å². The first-order valence-corrected chi connectivity index (χ1v) is 4.31. The van der Waals surface area contributed by atoms with E-state index in [0.29, 0.717) is 11.3 Å². The van der Waals surface area contributed by atoms with Crippen LogP contribution in [0.4, 0.5) is 5.69 Å². The van der Waals surface area contributed by atoms with Gasteiger partial charge in [0.25, 0.3) is 0 Å². The van der Waals surface area contributed by atoms with E-state index in [4.69, 9.17) is 15.8 Å². The summed E-state index contributed by atoms with van der Waals surface area (Å²) in [7, 11) is -0.510. The molecule has 4 N–H and O–H groups in total. The average molecular weight is 209 g/mol. The largest absolute Gasteiger partial charge is 0.489 e. The molecule has 15 heavy (non-hydrogen) atoms. The van der Waals surface area contributed by atoms with Crippen molar-refractivity contribution in [2.45, 2.75) is 6.92 Å². The molecule has 6 heteroatoms. The topological polar surface area (TPSA) is 92.8 Å². The zero-order chi connectivity index (χ0) is 11.6. The van der Waals surface area contributed by atoms with Gasteiger partial charge in [0.1, 0.15) is 0 Å². The van der Waals surface area contributed by atoms with Gasteiger partial charge in [-0.15, -0.1) is 0 Å². The van der Waals surface area contributed by atoms with E-state index < -0.39 is 13.1 Å². The molecule has 80 valence electrons. The highest BCUT2D eigenvalue weighted by molar-refractivity contribution is 6.60. The standard InChI is InChI=1S/C9H12BNO4/c1-5-3-7(10(13)14)6(4-8(5)11)9(12)15-2/h3-4,13-14H,11H2,1-2H3. The minimum absolute atomic E-state index is 0.0654. The van der Waals surface area contributed by atoms with Crippen LogP contribution in [0.25, 0.3) is 0 Å². The molecule has 0 aliphatic carbocycles. The quantitative estimate of drug-likeness (QED) is 0.331. The minimum atomic E-state index is -1.72. The van der Waals surface area contributed by atoms with Gasteiger partial charge in [-0.2, -0.15) is 0 Å². The zero-order valence-electron chi connectivity index (χ0n) is 8.52. The van der Waals surface area contributed by atoms with Crippen molar-refractivity contribution < 1.29 is 19.6 Å². The predicted molar refractivity (Wildman–Crippen MR) is 56.8 cm³/mol. The molecule has 0 bridgehead atoms. The van der Waals surface area contributed by atoms with E-state index in [0.717, 1.165) is 0 Å². The number of carbonyl (C=O) groups is 1.